The molecule has 0 spiro atoms. The molecule has 3 nitrogen and oxygen atoms in total. The third-order valence-corrected chi connectivity index (χ3v) is 6.79. The van der Waals surface area contributed by atoms with Gasteiger partial charge in [-0.25, -0.2) is 0 Å². The van der Waals surface area contributed by atoms with Crippen molar-refractivity contribution in [1.82, 2.24) is 0 Å². The van der Waals surface area contributed by atoms with Crippen LogP contribution < -0.4 is 9.47 Å². The first kappa shape index (κ1) is 30.0. The second-order valence-corrected chi connectivity index (χ2v) is 10.2. The maximum atomic E-state index is 12.2. The SMILES string of the molecule is C=C(C)c1ccc(OCCCCCCCCCCCCOc2ccc(/C=C/C(=O)c3ccccc3)cc2)cc1. The van der Waals surface area contributed by atoms with Crippen molar-refractivity contribution in [3.8, 4) is 11.5 Å². The highest BCUT2D eigenvalue weighted by atomic mass is 16.5. The van der Waals surface area contributed by atoms with E-state index in [4.69, 9.17) is 9.47 Å². The van der Waals surface area contributed by atoms with E-state index in [1.165, 1.54) is 56.9 Å². The van der Waals surface area contributed by atoms with Crippen LogP contribution in [0.25, 0.3) is 11.6 Å². The zero-order valence-electron chi connectivity index (χ0n) is 23.6. The first-order valence-electron chi connectivity index (χ1n) is 14.5. The molecule has 0 aliphatic carbocycles. The first-order chi connectivity index (χ1) is 19.1. The van der Waals surface area contributed by atoms with E-state index in [0.717, 1.165) is 48.7 Å². The van der Waals surface area contributed by atoms with Gasteiger partial charge in [0.1, 0.15) is 11.5 Å². The Bertz CT molecular complexity index is 1130. The van der Waals surface area contributed by atoms with Gasteiger partial charge in [-0.1, -0.05) is 124 Å². The summed E-state index contributed by atoms with van der Waals surface area (Å²) in [6.45, 7) is 7.54. The summed E-state index contributed by atoms with van der Waals surface area (Å²) < 4.78 is 11.7. The molecule has 0 saturated carbocycles. The van der Waals surface area contributed by atoms with E-state index >= 15 is 0 Å². The Morgan fingerprint density at radius 1 is 0.615 bits per heavy atom. The normalized spacial score (nSPS) is 11.0. The Kier molecular flexibility index (Phi) is 13.7. The van der Waals surface area contributed by atoms with Crippen molar-refractivity contribution >= 4 is 17.4 Å². The van der Waals surface area contributed by atoms with E-state index in [1.54, 1.807) is 6.08 Å². The topological polar surface area (TPSA) is 35.5 Å². The van der Waals surface area contributed by atoms with Gasteiger partial charge in [-0.05, 0) is 61.2 Å². The monoisotopic (exact) mass is 524 g/mol. The summed E-state index contributed by atoms with van der Waals surface area (Å²) in [6, 6.07) is 25.4. The van der Waals surface area contributed by atoms with Gasteiger partial charge in [0.15, 0.2) is 5.78 Å². The molecule has 0 amide bonds. The molecule has 3 aromatic carbocycles. The van der Waals surface area contributed by atoms with Crippen molar-refractivity contribution in [1.29, 1.82) is 0 Å². The van der Waals surface area contributed by atoms with E-state index in [9.17, 15) is 4.79 Å². The number of hydrogen-bond donors (Lipinski definition) is 0. The minimum atomic E-state index is 0.0127. The van der Waals surface area contributed by atoms with Gasteiger partial charge in [0.25, 0.3) is 0 Å². The standard InChI is InChI=1S/C36H44O3/c1-30(2)32-21-25-35(26-22-32)39-29-15-10-8-6-4-3-5-7-9-14-28-38-34-23-18-31(19-24-34)20-27-36(37)33-16-12-11-13-17-33/h11-13,16-27H,1,3-10,14-15,28-29H2,2H3/b27-20+. The zero-order chi connectivity index (χ0) is 27.5. The van der Waals surface area contributed by atoms with Crippen molar-refractivity contribution in [2.75, 3.05) is 13.2 Å². The lowest BCUT2D eigenvalue weighted by molar-refractivity contribution is 0.104. The van der Waals surface area contributed by atoms with Gasteiger partial charge in [0.05, 0.1) is 13.2 Å². The van der Waals surface area contributed by atoms with Crippen LogP contribution in [0.2, 0.25) is 0 Å². The molecule has 39 heavy (non-hydrogen) atoms. The van der Waals surface area contributed by atoms with E-state index in [0.29, 0.717) is 5.56 Å². The van der Waals surface area contributed by atoms with E-state index in [-0.39, 0.29) is 5.78 Å². The second-order valence-electron chi connectivity index (χ2n) is 10.2. The van der Waals surface area contributed by atoms with Crippen molar-refractivity contribution in [2.24, 2.45) is 0 Å². The molecule has 0 saturated heterocycles. The first-order valence-corrected chi connectivity index (χ1v) is 14.5. The van der Waals surface area contributed by atoms with E-state index < -0.39 is 0 Å². The molecule has 0 fully saturated rings. The summed E-state index contributed by atoms with van der Waals surface area (Å²) in [6.07, 6.45) is 16.0. The summed E-state index contributed by atoms with van der Waals surface area (Å²) in [4.78, 5) is 12.2. The van der Waals surface area contributed by atoms with Gasteiger partial charge >= 0.3 is 0 Å². The van der Waals surface area contributed by atoms with Crippen molar-refractivity contribution in [2.45, 2.75) is 71.1 Å². The number of hydrogen-bond acceptors (Lipinski definition) is 3. The molecule has 0 N–H and O–H groups in total. The van der Waals surface area contributed by atoms with Gasteiger partial charge in [-0.2, -0.15) is 0 Å². The molecule has 3 rings (SSSR count). The molecule has 0 radical (unpaired) electrons. The van der Waals surface area contributed by atoms with Crippen LogP contribution in [0.1, 0.15) is 92.6 Å². The minimum absolute atomic E-state index is 0.0127. The number of ether oxygens (including phenoxy) is 2. The van der Waals surface area contributed by atoms with Crippen molar-refractivity contribution < 1.29 is 14.3 Å². The van der Waals surface area contributed by atoms with Crippen LogP contribution >= 0.6 is 0 Å². The average molecular weight is 525 g/mol. The summed E-state index contributed by atoms with van der Waals surface area (Å²) in [7, 11) is 0. The smallest absolute Gasteiger partial charge is 0.185 e. The molecule has 0 aliphatic rings. The molecule has 0 unspecified atom stereocenters. The predicted molar refractivity (Wildman–Crippen MR) is 165 cm³/mol. The van der Waals surface area contributed by atoms with Gasteiger partial charge < -0.3 is 9.47 Å². The van der Waals surface area contributed by atoms with Crippen LogP contribution in [-0.2, 0) is 0 Å². The van der Waals surface area contributed by atoms with Crippen LogP contribution in [0.15, 0.2) is 91.5 Å². The number of rotatable bonds is 19. The van der Waals surface area contributed by atoms with Crippen LogP contribution in [0.4, 0.5) is 0 Å². The zero-order valence-corrected chi connectivity index (χ0v) is 23.6. The minimum Gasteiger partial charge on any atom is -0.494 e. The third-order valence-electron chi connectivity index (χ3n) is 6.79. The highest BCUT2D eigenvalue weighted by molar-refractivity contribution is 6.06. The fourth-order valence-corrected chi connectivity index (χ4v) is 4.38. The number of ketones is 1. The van der Waals surface area contributed by atoms with Gasteiger partial charge in [-0.3, -0.25) is 4.79 Å². The quantitative estimate of drug-likeness (QED) is 0.0889. The van der Waals surface area contributed by atoms with Gasteiger partial charge in [0, 0.05) is 5.56 Å². The molecule has 206 valence electrons. The molecule has 3 aromatic rings. The van der Waals surface area contributed by atoms with Crippen LogP contribution in [0.5, 0.6) is 11.5 Å². The average Bonchev–Trinajstić information content (AvgIpc) is 2.97. The molecular weight excluding hydrogens is 480 g/mol. The fourth-order valence-electron chi connectivity index (χ4n) is 4.38. The number of allylic oxidation sites excluding steroid dienone is 2. The molecule has 0 bridgehead atoms. The Morgan fingerprint density at radius 3 is 1.56 bits per heavy atom. The van der Waals surface area contributed by atoms with E-state index in [1.807, 2.05) is 79.7 Å². The van der Waals surface area contributed by atoms with Crippen LogP contribution in [0.3, 0.4) is 0 Å². The highest BCUT2D eigenvalue weighted by Gasteiger charge is 2.01. The summed E-state index contributed by atoms with van der Waals surface area (Å²) in [5.74, 6) is 1.84. The van der Waals surface area contributed by atoms with Crippen LogP contribution in [-0.4, -0.2) is 19.0 Å². The molecule has 3 heteroatoms. The number of benzene rings is 3. The summed E-state index contributed by atoms with van der Waals surface area (Å²) in [5.41, 5.74) is 3.94. The Hall–Kier alpha value is -3.59. The molecule has 0 aromatic heterocycles. The summed E-state index contributed by atoms with van der Waals surface area (Å²) in [5, 5.41) is 0. The largest absolute Gasteiger partial charge is 0.494 e. The molecule has 0 atom stereocenters. The highest BCUT2D eigenvalue weighted by Crippen LogP contribution is 2.18. The fraction of sp³-hybridized carbons (Fsp3) is 0.361. The Balaban J connectivity index is 1.12. The van der Waals surface area contributed by atoms with Crippen molar-refractivity contribution in [3.63, 3.8) is 0 Å². The Labute approximate surface area is 235 Å². The third kappa shape index (κ3) is 12.2. The Morgan fingerprint density at radius 2 is 1.08 bits per heavy atom. The second kappa shape index (κ2) is 17.8. The maximum Gasteiger partial charge on any atom is 0.185 e. The summed E-state index contributed by atoms with van der Waals surface area (Å²) >= 11 is 0. The predicted octanol–water partition coefficient (Wildman–Crippen LogP) is 9.97. The number of carbonyl (C=O) groups is 1. The maximum absolute atomic E-state index is 12.2. The lowest BCUT2D eigenvalue weighted by Gasteiger charge is -2.07. The number of carbonyl (C=O) groups excluding carboxylic acids is 1. The molecule has 0 aliphatic heterocycles. The van der Waals surface area contributed by atoms with Gasteiger partial charge in [0.2, 0.25) is 0 Å². The molecule has 0 heterocycles. The number of unbranched alkanes of at least 4 members (excludes halogenated alkanes) is 9. The lowest BCUT2D eigenvalue weighted by atomic mass is 10.1. The van der Waals surface area contributed by atoms with E-state index in [2.05, 4.69) is 18.7 Å². The van der Waals surface area contributed by atoms with Gasteiger partial charge in [-0.15, -0.1) is 0 Å². The van der Waals surface area contributed by atoms with Crippen molar-refractivity contribution in [3.05, 3.63) is 108 Å². The molecular formula is C36H44O3. The lowest BCUT2D eigenvalue weighted by Crippen LogP contribution is -1.97. The van der Waals surface area contributed by atoms with Crippen LogP contribution in [0, 0.1) is 0 Å².